The molecule has 3 heteroatoms. The van der Waals surface area contributed by atoms with Crippen LogP contribution >= 0.6 is 0 Å². The van der Waals surface area contributed by atoms with Gasteiger partial charge in [0, 0.05) is 17.7 Å². The molecule has 1 aliphatic carbocycles. The number of aromatic nitrogens is 2. The highest BCUT2D eigenvalue weighted by Gasteiger charge is 2.24. The molecule has 1 aliphatic rings. The van der Waals surface area contributed by atoms with Crippen molar-refractivity contribution in [3.8, 4) is 0 Å². The van der Waals surface area contributed by atoms with Gasteiger partial charge in [0.15, 0.2) is 0 Å². The molecule has 0 aliphatic heterocycles. The van der Waals surface area contributed by atoms with Crippen molar-refractivity contribution in [2.75, 3.05) is 5.73 Å². The highest BCUT2D eigenvalue weighted by Crippen LogP contribution is 2.36. The van der Waals surface area contributed by atoms with Crippen LogP contribution in [0.4, 0.5) is 5.82 Å². The molecule has 1 heterocycles. The standard InChI is InChI=1S/C16H27N3/c1-4-12-6-5-7-13(9-12)16-18-14(8-11(2)3)10-15(17)19-16/h10-13H,4-9H2,1-3H3,(H2,17,18,19). The number of rotatable bonds is 4. The third-order valence-corrected chi connectivity index (χ3v) is 4.16. The molecule has 106 valence electrons. The van der Waals surface area contributed by atoms with Crippen LogP contribution < -0.4 is 5.73 Å². The fourth-order valence-corrected chi connectivity index (χ4v) is 3.14. The largest absolute Gasteiger partial charge is 0.384 e. The van der Waals surface area contributed by atoms with Crippen molar-refractivity contribution in [2.24, 2.45) is 11.8 Å². The van der Waals surface area contributed by atoms with Gasteiger partial charge in [0.05, 0.1) is 0 Å². The Hall–Kier alpha value is -1.12. The van der Waals surface area contributed by atoms with Crippen LogP contribution in [0, 0.1) is 11.8 Å². The highest BCUT2D eigenvalue weighted by molar-refractivity contribution is 5.30. The summed E-state index contributed by atoms with van der Waals surface area (Å²) >= 11 is 0. The van der Waals surface area contributed by atoms with Gasteiger partial charge in [0.2, 0.25) is 0 Å². The molecule has 3 nitrogen and oxygen atoms in total. The lowest BCUT2D eigenvalue weighted by atomic mass is 9.80. The summed E-state index contributed by atoms with van der Waals surface area (Å²) in [7, 11) is 0. The van der Waals surface area contributed by atoms with E-state index in [0.29, 0.717) is 17.7 Å². The Labute approximate surface area is 117 Å². The summed E-state index contributed by atoms with van der Waals surface area (Å²) < 4.78 is 0. The zero-order chi connectivity index (χ0) is 13.8. The van der Waals surface area contributed by atoms with Gasteiger partial charge in [-0.3, -0.25) is 0 Å². The Balaban J connectivity index is 2.16. The molecule has 1 aromatic rings. The first-order chi connectivity index (χ1) is 9.08. The van der Waals surface area contributed by atoms with Crippen LogP contribution in [0.5, 0.6) is 0 Å². The summed E-state index contributed by atoms with van der Waals surface area (Å²) in [6.07, 6.45) is 7.40. The lowest BCUT2D eigenvalue weighted by Crippen LogP contribution is -2.17. The van der Waals surface area contributed by atoms with E-state index < -0.39 is 0 Å². The first-order valence-corrected chi connectivity index (χ1v) is 7.71. The average molecular weight is 261 g/mol. The molecule has 0 saturated heterocycles. The van der Waals surface area contributed by atoms with Gasteiger partial charge in [-0.2, -0.15) is 0 Å². The molecule has 0 amide bonds. The summed E-state index contributed by atoms with van der Waals surface area (Å²) in [4.78, 5) is 9.28. The molecule has 1 fully saturated rings. The van der Waals surface area contributed by atoms with Gasteiger partial charge in [-0.25, -0.2) is 9.97 Å². The van der Waals surface area contributed by atoms with Gasteiger partial charge in [0.1, 0.15) is 11.6 Å². The third-order valence-electron chi connectivity index (χ3n) is 4.16. The molecule has 0 spiro atoms. The number of hydrogen-bond acceptors (Lipinski definition) is 3. The molecular formula is C16H27N3. The molecule has 2 unspecified atom stereocenters. The normalized spacial score (nSPS) is 23.8. The maximum atomic E-state index is 5.96. The zero-order valence-electron chi connectivity index (χ0n) is 12.5. The predicted molar refractivity (Wildman–Crippen MR) is 80.0 cm³/mol. The van der Waals surface area contributed by atoms with Crippen molar-refractivity contribution in [1.29, 1.82) is 0 Å². The molecule has 2 rings (SSSR count). The topological polar surface area (TPSA) is 51.8 Å². The molecule has 0 bridgehead atoms. The fraction of sp³-hybridized carbons (Fsp3) is 0.750. The van der Waals surface area contributed by atoms with E-state index in [2.05, 4.69) is 25.8 Å². The Morgan fingerprint density at radius 1 is 1.32 bits per heavy atom. The van der Waals surface area contributed by atoms with E-state index in [1.54, 1.807) is 0 Å². The first-order valence-electron chi connectivity index (χ1n) is 7.71. The monoisotopic (exact) mass is 261 g/mol. The lowest BCUT2D eigenvalue weighted by molar-refractivity contribution is 0.307. The second-order valence-corrected chi connectivity index (χ2v) is 6.38. The van der Waals surface area contributed by atoms with Gasteiger partial charge in [-0.05, 0) is 31.1 Å². The zero-order valence-corrected chi connectivity index (χ0v) is 12.5. The number of nitrogens with zero attached hydrogens (tertiary/aromatic N) is 2. The van der Waals surface area contributed by atoms with E-state index in [4.69, 9.17) is 10.7 Å². The van der Waals surface area contributed by atoms with Gasteiger partial charge >= 0.3 is 0 Å². The molecule has 2 atom stereocenters. The van der Waals surface area contributed by atoms with Crippen LogP contribution in [0.15, 0.2) is 6.07 Å². The lowest BCUT2D eigenvalue weighted by Gasteiger charge is -2.27. The van der Waals surface area contributed by atoms with Crippen LogP contribution in [-0.2, 0) is 6.42 Å². The summed E-state index contributed by atoms with van der Waals surface area (Å²) in [6, 6.07) is 1.93. The second kappa shape index (κ2) is 6.36. The molecule has 19 heavy (non-hydrogen) atoms. The summed E-state index contributed by atoms with van der Waals surface area (Å²) in [5.74, 6) is 3.61. The van der Waals surface area contributed by atoms with Crippen molar-refractivity contribution >= 4 is 5.82 Å². The van der Waals surface area contributed by atoms with Crippen LogP contribution in [0.3, 0.4) is 0 Å². The minimum atomic E-state index is 0.521. The van der Waals surface area contributed by atoms with Crippen LogP contribution in [0.1, 0.15) is 70.3 Å². The van der Waals surface area contributed by atoms with E-state index in [-0.39, 0.29) is 0 Å². The number of hydrogen-bond donors (Lipinski definition) is 1. The molecule has 2 N–H and O–H groups in total. The molecule has 0 aromatic carbocycles. The minimum Gasteiger partial charge on any atom is -0.384 e. The fourth-order valence-electron chi connectivity index (χ4n) is 3.14. The first kappa shape index (κ1) is 14.3. The maximum absolute atomic E-state index is 5.96. The van der Waals surface area contributed by atoms with E-state index in [9.17, 15) is 0 Å². The van der Waals surface area contributed by atoms with Crippen molar-refractivity contribution < 1.29 is 0 Å². The molecule has 0 radical (unpaired) electrons. The highest BCUT2D eigenvalue weighted by atomic mass is 15.0. The SMILES string of the molecule is CCC1CCCC(c2nc(N)cc(CC(C)C)n2)C1. The van der Waals surface area contributed by atoms with E-state index in [0.717, 1.165) is 23.9 Å². The van der Waals surface area contributed by atoms with Crippen molar-refractivity contribution in [3.63, 3.8) is 0 Å². The number of nitrogen functional groups attached to an aromatic ring is 1. The van der Waals surface area contributed by atoms with Gasteiger partial charge < -0.3 is 5.73 Å². The van der Waals surface area contributed by atoms with Crippen molar-refractivity contribution in [1.82, 2.24) is 9.97 Å². The van der Waals surface area contributed by atoms with Crippen LogP contribution in [0.2, 0.25) is 0 Å². The van der Waals surface area contributed by atoms with Gasteiger partial charge in [-0.15, -0.1) is 0 Å². The molecule has 1 saturated carbocycles. The molecule has 1 aromatic heterocycles. The predicted octanol–water partition coefficient (Wildman–Crippen LogP) is 3.94. The number of nitrogens with two attached hydrogens (primary N) is 1. The number of anilines is 1. The van der Waals surface area contributed by atoms with E-state index >= 15 is 0 Å². The van der Waals surface area contributed by atoms with Crippen molar-refractivity contribution in [2.45, 2.75) is 65.2 Å². The van der Waals surface area contributed by atoms with Crippen LogP contribution in [-0.4, -0.2) is 9.97 Å². The maximum Gasteiger partial charge on any atom is 0.134 e. The Kier molecular flexibility index (Phi) is 4.78. The molecular weight excluding hydrogens is 234 g/mol. The summed E-state index contributed by atoms with van der Waals surface area (Å²) in [5.41, 5.74) is 7.07. The average Bonchev–Trinajstić information content (AvgIpc) is 2.37. The summed E-state index contributed by atoms with van der Waals surface area (Å²) in [5, 5.41) is 0. The van der Waals surface area contributed by atoms with E-state index in [1.165, 1.54) is 32.1 Å². The Morgan fingerprint density at radius 3 is 2.79 bits per heavy atom. The third kappa shape index (κ3) is 3.92. The van der Waals surface area contributed by atoms with Gasteiger partial charge in [-0.1, -0.05) is 40.0 Å². The Bertz CT molecular complexity index is 414. The van der Waals surface area contributed by atoms with E-state index in [1.807, 2.05) is 6.07 Å². The second-order valence-electron chi connectivity index (χ2n) is 6.38. The van der Waals surface area contributed by atoms with Gasteiger partial charge in [0.25, 0.3) is 0 Å². The summed E-state index contributed by atoms with van der Waals surface area (Å²) in [6.45, 7) is 6.72. The Morgan fingerprint density at radius 2 is 2.11 bits per heavy atom. The van der Waals surface area contributed by atoms with Crippen molar-refractivity contribution in [3.05, 3.63) is 17.6 Å². The smallest absolute Gasteiger partial charge is 0.134 e. The minimum absolute atomic E-state index is 0.521. The van der Waals surface area contributed by atoms with Crippen LogP contribution in [0.25, 0.3) is 0 Å². The quantitative estimate of drug-likeness (QED) is 0.893.